The van der Waals surface area contributed by atoms with Crippen LogP contribution in [0.2, 0.25) is 0 Å². The van der Waals surface area contributed by atoms with Crippen molar-refractivity contribution in [1.82, 2.24) is 4.98 Å². The molecule has 0 amide bonds. The monoisotopic (exact) mass is 193 g/mol. The van der Waals surface area contributed by atoms with Crippen LogP contribution in [0.25, 0.3) is 0 Å². The molecule has 1 aromatic heterocycles. The standard InChI is InChI=1S/C12H19NO/c1-8(2)10-7-6-9(3)11(13-10)12(4,5)14/h6-8,14H,1-5H3. The van der Waals surface area contributed by atoms with Crippen LogP contribution in [0.4, 0.5) is 0 Å². The highest BCUT2D eigenvalue weighted by molar-refractivity contribution is 5.26. The molecule has 1 heterocycles. The summed E-state index contributed by atoms with van der Waals surface area (Å²) in [5, 5.41) is 9.91. The van der Waals surface area contributed by atoms with Gasteiger partial charge in [-0.1, -0.05) is 19.9 Å². The molecule has 0 aromatic carbocycles. The third kappa shape index (κ3) is 2.32. The van der Waals surface area contributed by atoms with E-state index < -0.39 is 5.60 Å². The summed E-state index contributed by atoms with van der Waals surface area (Å²) in [5.74, 6) is 0.400. The number of aryl methyl sites for hydroxylation is 1. The maximum Gasteiger partial charge on any atom is 0.101 e. The third-order valence-electron chi connectivity index (χ3n) is 2.29. The van der Waals surface area contributed by atoms with Crippen molar-refractivity contribution in [2.75, 3.05) is 0 Å². The van der Waals surface area contributed by atoms with Gasteiger partial charge in [-0.2, -0.15) is 0 Å². The van der Waals surface area contributed by atoms with E-state index in [2.05, 4.69) is 18.8 Å². The largest absolute Gasteiger partial charge is 0.384 e. The fraction of sp³-hybridized carbons (Fsp3) is 0.583. The van der Waals surface area contributed by atoms with Crippen molar-refractivity contribution >= 4 is 0 Å². The molecule has 0 aliphatic rings. The lowest BCUT2D eigenvalue weighted by Crippen LogP contribution is -2.20. The van der Waals surface area contributed by atoms with Gasteiger partial charge < -0.3 is 5.11 Å². The molecule has 0 unspecified atom stereocenters. The predicted molar refractivity (Wildman–Crippen MR) is 58.3 cm³/mol. The van der Waals surface area contributed by atoms with Gasteiger partial charge in [0.25, 0.3) is 0 Å². The Morgan fingerprint density at radius 2 is 1.86 bits per heavy atom. The molecule has 0 radical (unpaired) electrons. The number of aliphatic hydroxyl groups is 1. The first-order valence-electron chi connectivity index (χ1n) is 5.02. The Labute approximate surface area is 86.0 Å². The highest BCUT2D eigenvalue weighted by atomic mass is 16.3. The van der Waals surface area contributed by atoms with Crippen molar-refractivity contribution in [2.45, 2.75) is 46.1 Å². The summed E-state index contributed by atoms with van der Waals surface area (Å²) in [4.78, 5) is 4.49. The average Bonchev–Trinajstić information content (AvgIpc) is 2.02. The van der Waals surface area contributed by atoms with Gasteiger partial charge in [-0.15, -0.1) is 0 Å². The van der Waals surface area contributed by atoms with Crippen molar-refractivity contribution in [2.24, 2.45) is 0 Å². The van der Waals surface area contributed by atoms with Crippen molar-refractivity contribution in [3.05, 3.63) is 29.1 Å². The number of aromatic nitrogens is 1. The molecule has 0 atom stereocenters. The molecule has 1 rings (SSSR count). The van der Waals surface area contributed by atoms with E-state index in [1.165, 1.54) is 0 Å². The van der Waals surface area contributed by atoms with Crippen LogP contribution in [0.5, 0.6) is 0 Å². The van der Waals surface area contributed by atoms with Crippen LogP contribution in [-0.2, 0) is 5.60 Å². The first-order valence-corrected chi connectivity index (χ1v) is 5.02. The van der Waals surface area contributed by atoms with Crippen molar-refractivity contribution < 1.29 is 5.11 Å². The minimum atomic E-state index is -0.852. The van der Waals surface area contributed by atoms with Crippen LogP contribution >= 0.6 is 0 Å². The topological polar surface area (TPSA) is 33.1 Å². The Hall–Kier alpha value is -0.890. The van der Waals surface area contributed by atoms with Gasteiger partial charge in [-0.05, 0) is 38.3 Å². The summed E-state index contributed by atoms with van der Waals surface area (Å²) < 4.78 is 0. The molecule has 0 spiro atoms. The normalized spacial score (nSPS) is 12.2. The fourth-order valence-corrected chi connectivity index (χ4v) is 1.48. The van der Waals surface area contributed by atoms with E-state index >= 15 is 0 Å². The van der Waals surface area contributed by atoms with Crippen LogP contribution in [0.15, 0.2) is 12.1 Å². The second-order valence-electron chi connectivity index (χ2n) is 4.62. The van der Waals surface area contributed by atoms with Gasteiger partial charge in [-0.25, -0.2) is 0 Å². The number of nitrogens with zero attached hydrogens (tertiary/aromatic N) is 1. The van der Waals surface area contributed by atoms with Crippen molar-refractivity contribution in [3.8, 4) is 0 Å². The molecule has 1 aromatic rings. The van der Waals surface area contributed by atoms with Gasteiger partial charge in [0.05, 0.1) is 5.69 Å². The minimum Gasteiger partial charge on any atom is -0.384 e. The summed E-state index contributed by atoms with van der Waals surface area (Å²) in [6.07, 6.45) is 0. The summed E-state index contributed by atoms with van der Waals surface area (Å²) >= 11 is 0. The van der Waals surface area contributed by atoms with Gasteiger partial charge in [0.15, 0.2) is 0 Å². The molecular formula is C12H19NO. The zero-order valence-corrected chi connectivity index (χ0v) is 9.63. The number of hydrogen-bond acceptors (Lipinski definition) is 2. The molecule has 1 N–H and O–H groups in total. The van der Waals surface area contributed by atoms with Gasteiger partial charge >= 0.3 is 0 Å². The van der Waals surface area contributed by atoms with Crippen LogP contribution < -0.4 is 0 Å². The third-order valence-corrected chi connectivity index (χ3v) is 2.29. The molecule has 0 saturated heterocycles. The Balaban J connectivity index is 3.22. The average molecular weight is 193 g/mol. The first kappa shape index (κ1) is 11.2. The molecule has 2 nitrogen and oxygen atoms in total. The van der Waals surface area contributed by atoms with Crippen LogP contribution in [0.1, 0.15) is 50.6 Å². The van der Waals surface area contributed by atoms with Crippen LogP contribution in [0.3, 0.4) is 0 Å². The fourth-order valence-electron chi connectivity index (χ4n) is 1.48. The lowest BCUT2D eigenvalue weighted by Gasteiger charge is -2.20. The summed E-state index contributed by atoms with van der Waals surface area (Å²) in [6, 6.07) is 4.05. The second kappa shape index (κ2) is 3.70. The zero-order chi connectivity index (χ0) is 10.9. The molecule has 0 bridgehead atoms. The molecule has 2 heteroatoms. The molecule has 0 aliphatic carbocycles. The lowest BCUT2D eigenvalue weighted by molar-refractivity contribution is 0.0728. The van der Waals surface area contributed by atoms with E-state index in [1.807, 2.05) is 19.1 Å². The van der Waals surface area contributed by atoms with Crippen LogP contribution in [0, 0.1) is 6.92 Å². The predicted octanol–water partition coefficient (Wildman–Crippen LogP) is 2.74. The SMILES string of the molecule is Cc1ccc(C(C)C)nc1C(C)(C)O. The van der Waals surface area contributed by atoms with Crippen molar-refractivity contribution in [3.63, 3.8) is 0 Å². The van der Waals surface area contributed by atoms with E-state index in [9.17, 15) is 5.11 Å². The Morgan fingerprint density at radius 1 is 1.29 bits per heavy atom. The quantitative estimate of drug-likeness (QED) is 0.783. The van der Waals surface area contributed by atoms with E-state index in [-0.39, 0.29) is 0 Å². The lowest BCUT2D eigenvalue weighted by atomic mass is 9.98. The van der Waals surface area contributed by atoms with Gasteiger partial charge in [0.1, 0.15) is 5.60 Å². The zero-order valence-electron chi connectivity index (χ0n) is 9.63. The highest BCUT2D eigenvalue weighted by Gasteiger charge is 2.20. The van der Waals surface area contributed by atoms with E-state index in [4.69, 9.17) is 0 Å². The summed E-state index contributed by atoms with van der Waals surface area (Å²) in [5.41, 5.74) is 2.01. The Kier molecular flexibility index (Phi) is 2.95. The van der Waals surface area contributed by atoms with Gasteiger partial charge in [0.2, 0.25) is 0 Å². The Bertz CT molecular complexity index is 324. The number of rotatable bonds is 2. The van der Waals surface area contributed by atoms with Gasteiger partial charge in [-0.3, -0.25) is 4.98 Å². The maximum absolute atomic E-state index is 9.91. The molecule has 14 heavy (non-hydrogen) atoms. The summed E-state index contributed by atoms with van der Waals surface area (Å²) in [7, 11) is 0. The molecule has 0 aliphatic heterocycles. The van der Waals surface area contributed by atoms with E-state index in [1.54, 1.807) is 13.8 Å². The molecular weight excluding hydrogens is 174 g/mol. The molecule has 78 valence electrons. The second-order valence-corrected chi connectivity index (χ2v) is 4.62. The molecule has 0 fully saturated rings. The highest BCUT2D eigenvalue weighted by Crippen LogP contribution is 2.23. The van der Waals surface area contributed by atoms with E-state index in [0.29, 0.717) is 5.92 Å². The number of pyridine rings is 1. The number of hydrogen-bond donors (Lipinski definition) is 1. The van der Waals surface area contributed by atoms with Crippen LogP contribution in [-0.4, -0.2) is 10.1 Å². The molecule has 0 saturated carbocycles. The first-order chi connectivity index (χ1) is 6.32. The minimum absolute atomic E-state index is 0.400. The Morgan fingerprint density at radius 3 is 2.29 bits per heavy atom. The maximum atomic E-state index is 9.91. The van der Waals surface area contributed by atoms with E-state index in [0.717, 1.165) is 17.0 Å². The smallest absolute Gasteiger partial charge is 0.101 e. The van der Waals surface area contributed by atoms with Crippen molar-refractivity contribution in [1.29, 1.82) is 0 Å². The summed E-state index contributed by atoms with van der Waals surface area (Å²) in [6.45, 7) is 9.72. The van der Waals surface area contributed by atoms with Gasteiger partial charge in [0, 0.05) is 5.69 Å².